The number of piperidine rings is 1. The van der Waals surface area contributed by atoms with E-state index in [-0.39, 0.29) is 12.5 Å². The lowest BCUT2D eigenvalue weighted by Crippen LogP contribution is -2.34. The summed E-state index contributed by atoms with van der Waals surface area (Å²) in [6.45, 7) is 6.55. The molecule has 136 valence electrons. The summed E-state index contributed by atoms with van der Waals surface area (Å²) in [6, 6.07) is 0. The van der Waals surface area contributed by atoms with Crippen molar-refractivity contribution in [3.8, 4) is 0 Å². The monoisotopic (exact) mass is 347 g/mol. The van der Waals surface area contributed by atoms with Crippen LogP contribution in [0.25, 0.3) is 0 Å². The van der Waals surface area contributed by atoms with Crippen molar-refractivity contribution in [2.75, 3.05) is 19.6 Å². The fourth-order valence-corrected chi connectivity index (χ4v) is 2.89. The summed E-state index contributed by atoms with van der Waals surface area (Å²) in [4.78, 5) is 14.4. The van der Waals surface area contributed by atoms with Crippen molar-refractivity contribution < 1.29 is 4.79 Å². The third-order valence-electron chi connectivity index (χ3n) is 4.50. The van der Waals surface area contributed by atoms with Crippen LogP contribution in [0.3, 0.4) is 0 Å². The molecule has 3 heterocycles. The first-order valence-corrected chi connectivity index (χ1v) is 8.79. The van der Waals surface area contributed by atoms with E-state index in [1.807, 2.05) is 0 Å². The number of amides is 1. The van der Waals surface area contributed by atoms with Gasteiger partial charge in [0.05, 0.1) is 12.7 Å². The Morgan fingerprint density at radius 1 is 1.32 bits per heavy atom. The first kappa shape index (κ1) is 17.5. The zero-order valence-electron chi connectivity index (χ0n) is 14.6. The van der Waals surface area contributed by atoms with Crippen molar-refractivity contribution in [2.24, 2.45) is 5.92 Å². The zero-order valence-corrected chi connectivity index (χ0v) is 14.6. The summed E-state index contributed by atoms with van der Waals surface area (Å²) in [5.74, 6) is 1.45. The average Bonchev–Trinajstić information content (AvgIpc) is 3.26. The van der Waals surface area contributed by atoms with Crippen LogP contribution in [0.15, 0.2) is 12.4 Å². The fourth-order valence-electron chi connectivity index (χ4n) is 2.89. The molecule has 0 spiro atoms. The Bertz CT molecular complexity index is 646. The third-order valence-corrected chi connectivity index (χ3v) is 4.50. The number of rotatable bonds is 8. The number of tetrazole rings is 1. The standard InChI is InChI=1S/C15H25N9O/c1-13-3-8-22(9-4-13)11-14-18-19-21-24(14)12-15(25)16-5-2-7-23-10-6-17-20-23/h6,10,13H,2-5,7-9,11-12H2,1H3,(H,16,25). The third kappa shape index (κ3) is 5.31. The van der Waals surface area contributed by atoms with Crippen LogP contribution in [0.2, 0.25) is 0 Å². The van der Waals surface area contributed by atoms with Crippen molar-refractivity contribution in [3.63, 3.8) is 0 Å². The number of aromatic nitrogens is 7. The molecule has 0 atom stereocenters. The second-order valence-corrected chi connectivity index (χ2v) is 6.58. The SMILES string of the molecule is CC1CCN(Cc2nnnn2CC(=O)NCCCn2ccnn2)CC1. The lowest BCUT2D eigenvalue weighted by atomic mass is 9.99. The van der Waals surface area contributed by atoms with Gasteiger partial charge in [0.2, 0.25) is 5.91 Å². The molecule has 2 aromatic heterocycles. The summed E-state index contributed by atoms with van der Waals surface area (Å²) in [5.41, 5.74) is 0. The minimum Gasteiger partial charge on any atom is -0.354 e. The summed E-state index contributed by atoms with van der Waals surface area (Å²) in [5, 5.41) is 22.3. The van der Waals surface area contributed by atoms with Crippen molar-refractivity contribution >= 4 is 5.91 Å². The molecule has 0 aliphatic carbocycles. The van der Waals surface area contributed by atoms with Crippen LogP contribution in [0.1, 0.15) is 32.0 Å². The van der Waals surface area contributed by atoms with Gasteiger partial charge in [-0.2, -0.15) is 0 Å². The van der Waals surface area contributed by atoms with Crippen molar-refractivity contribution in [2.45, 2.75) is 45.8 Å². The highest BCUT2D eigenvalue weighted by atomic mass is 16.2. The van der Waals surface area contributed by atoms with Crippen molar-refractivity contribution in [3.05, 3.63) is 18.2 Å². The molecule has 0 aromatic carbocycles. The topological polar surface area (TPSA) is 107 Å². The van der Waals surface area contributed by atoms with Crippen LogP contribution in [0, 0.1) is 5.92 Å². The highest BCUT2D eigenvalue weighted by Crippen LogP contribution is 2.17. The summed E-state index contributed by atoms with van der Waals surface area (Å²) < 4.78 is 3.33. The predicted molar refractivity (Wildman–Crippen MR) is 89.1 cm³/mol. The predicted octanol–water partition coefficient (Wildman–Crippen LogP) is -0.297. The van der Waals surface area contributed by atoms with E-state index >= 15 is 0 Å². The lowest BCUT2D eigenvalue weighted by Gasteiger charge is -2.29. The Balaban J connectivity index is 1.40. The van der Waals surface area contributed by atoms with Gasteiger partial charge in [-0.3, -0.25) is 14.4 Å². The number of hydrogen-bond donors (Lipinski definition) is 1. The highest BCUT2D eigenvalue weighted by molar-refractivity contribution is 5.75. The first-order chi connectivity index (χ1) is 12.2. The minimum absolute atomic E-state index is 0.0839. The molecule has 3 rings (SSSR count). The van der Waals surface area contributed by atoms with Gasteiger partial charge in [-0.25, -0.2) is 4.68 Å². The fraction of sp³-hybridized carbons (Fsp3) is 0.733. The van der Waals surface area contributed by atoms with E-state index < -0.39 is 0 Å². The van der Waals surface area contributed by atoms with Gasteiger partial charge in [-0.1, -0.05) is 12.1 Å². The summed E-state index contributed by atoms with van der Waals surface area (Å²) in [6.07, 6.45) is 6.64. The molecule has 1 saturated heterocycles. The van der Waals surface area contributed by atoms with Crippen LogP contribution in [0.4, 0.5) is 0 Å². The maximum absolute atomic E-state index is 12.1. The average molecular weight is 347 g/mol. The van der Waals surface area contributed by atoms with Gasteiger partial charge < -0.3 is 5.32 Å². The summed E-state index contributed by atoms with van der Waals surface area (Å²) >= 11 is 0. The second kappa shape index (κ2) is 8.65. The molecular formula is C15H25N9O. The van der Waals surface area contributed by atoms with Gasteiger partial charge in [0.15, 0.2) is 5.82 Å². The van der Waals surface area contributed by atoms with Gasteiger partial charge in [0, 0.05) is 19.3 Å². The molecule has 0 radical (unpaired) electrons. The smallest absolute Gasteiger partial charge is 0.241 e. The molecule has 25 heavy (non-hydrogen) atoms. The maximum atomic E-state index is 12.1. The summed E-state index contributed by atoms with van der Waals surface area (Å²) in [7, 11) is 0. The van der Waals surface area contributed by atoms with Crippen LogP contribution in [-0.2, 0) is 24.4 Å². The van der Waals surface area contributed by atoms with Gasteiger partial charge in [-0.15, -0.1) is 10.2 Å². The van der Waals surface area contributed by atoms with Crippen LogP contribution < -0.4 is 5.32 Å². The Morgan fingerprint density at radius 3 is 2.92 bits per heavy atom. The Morgan fingerprint density at radius 2 is 2.16 bits per heavy atom. The molecular weight excluding hydrogens is 322 g/mol. The van der Waals surface area contributed by atoms with Gasteiger partial charge >= 0.3 is 0 Å². The Kier molecular flexibility index (Phi) is 6.04. The molecule has 10 heteroatoms. The van der Waals surface area contributed by atoms with E-state index in [9.17, 15) is 4.79 Å². The molecule has 1 amide bonds. The lowest BCUT2D eigenvalue weighted by molar-refractivity contribution is -0.121. The number of carbonyl (C=O) groups excluding carboxylic acids is 1. The number of aryl methyl sites for hydroxylation is 1. The quantitative estimate of drug-likeness (QED) is 0.654. The van der Waals surface area contributed by atoms with Crippen LogP contribution >= 0.6 is 0 Å². The largest absolute Gasteiger partial charge is 0.354 e. The second-order valence-electron chi connectivity index (χ2n) is 6.58. The maximum Gasteiger partial charge on any atom is 0.241 e. The molecule has 10 nitrogen and oxygen atoms in total. The number of likely N-dealkylation sites (tertiary alicyclic amines) is 1. The van der Waals surface area contributed by atoms with E-state index in [0.29, 0.717) is 13.1 Å². The first-order valence-electron chi connectivity index (χ1n) is 8.79. The Labute approximate surface area is 146 Å². The van der Waals surface area contributed by atoms with Crippen molar-refractivity contribution in [1.29, 1.82) is 0 Å². The molecule has 1 aliphatic heterocycles. The van der Waals surface area contributed by atoms with E-state index in [2.05, 4.69) is 43.0 Å². The van der Waals surface area contributed by atoms with Gasteiger partial charge in [0.25, 0.3) is 0 Å². The van der Waals surface area contributed by atoms with Gasteiger partial charge in [-0.05, 0) is 48.7 Å². The molecule has 0 saturated carbocycles. The van der Waals surface area contributed by atoms with Gasteiger partial charge in [0.1, 0.15) is 6.54 Å². The molecule has 1 fully saturated rings. The Hall–Kier alpha value is -2.36. The molecule has 0 unspecified atom stereocenters. The van der Waals surface area contributed by atoms with Crippen molar-refractivity contribution in [1.82, 2.24) is 45.4 Å². The van der Waals surface area contributed by atoms with E-state index in [4.69, 9.17) is 0 Å². The molecule has 0 bridgehead atoms. The number of carbonyl (C=O) groups is 1. The molecule has 1 aliphatic rings. The molecule has 1 N–H and O–H groups in total. The number of nitrogens with zero attached hydrogens (tertiary/aromatic N) is 8. The number of hydrogen-bond acceptors (Lipinski definition) is 7. The highest BCUT2D eigenvalue weighted by Gasteiger charge is 2.19. The zero-order chi connectivity index (χ0) is 17.5. The number of nitrogens with one attached hydrogen (secondary N) is 1. The molecule has 2 aromatic rings. The van der Waals surface area contributed by atoms with Crippen LogP contribution in [-0.4, -0.2) is 65.6 Å². The van der Waals surface area contributed by atoms with E-state index in [1.54, 1.807) is 21.8 Å². The normalized spacial score (nSPS) is 16.2. The van der Waals surface area contributed by atoms with E-state index in [0.717, 1.165) is 37.8 Å². The van der Waals surface area contributed by atoms with Crippen LogP contribution in [0.5, 0.6) is 0 Å². The minimum atomic E-state index is -0.0839. The van der Waals surface area contributed by atoms with E-state index in [1.165, 1.54) is 12.8 Å².